The van der Waals surface area contributed by atoms with Crippen LogP contribution in [-0.2, 0) is 0 Å². The molecule has 4 aliphatic rings. The van der Waals surface area contributed by atoms with Crippen LogP contribution in [0.5, 0.6) is 0 Å². The third-order valence-electron chi connectivity index (χ3n) is 11.6. The molecule has 0 nitrogen and oxygen atoms in total. The van der Waals surface area contributed by atoms with Crippen LogP contribution in [-0.4, -0.2) is 0 Å². The maximum atomic E-state index is 2.75. The molecule has 0 aromatic rings. The summed E-state index contributed by atoms with van der Waals surface area (Å²) in [5.41, 5.74) is 1.37. The summed E-state index contributed by atoms with van der Waals surface area (Å²) < 4.78 is 0. The van der Waals surface area contributed by atoms with Crippen LogP contribution in [0.25, 0.3) is 0 Å². The molecular formula is C28H50. The first-order chi connectivity index (χ1) is 13.3. The molecule has 4 rings (SSSR count). The zero-order chi connectivity index (χ0) is 20.1. The molecule has 0 amide bonds. The molecule has 1 unspecified atom stereocenters. The first-order valence-electron chi connectivity index (χ1n) is 13.3. The van der Waals surface area contributed by atoms with E-state index in [-0.39, 0.29) is 0 Å². The van der Waals surface area contributed by atoms with Crippen molar-refractivity contribution >= 4 is 0 Å². The Morgan fingerprint density at radius 2 is 1.46 bits per heavy atom. The van der Waals surface area contributed by atoms with E-state index in [0.29, 0.717) is 10.8 Å². The fourth-order valence-corrected chi connectivity index (χ4v) is 9.33. The molecule has 0 aromatic heterocycles. The van der Waals surface area contributed by atoms with Crippen molar-refractivity contribution in [2.24, 2.45) is 58.2 Å². The Hall–Kier alpha value is 0. The third-order valence-corrected chi connectivity index (χ3v) is 11.6. The second-order valence-electron chi connectivity index (χ2n) is 12.9. The van der Waals surface area contributed by atoms with E-state index in [1.165, 1.54) is 25.7 Å². The van der Waals surface area contributed by atoms with E-state index in [1.807, 2.05) is 0 Å². The maximum absolute atomic E-state index is 2.75. The van der Waals surface area contributed by atoms with E-state index >= 15 is 0 Å². The summed E-state index contributed by atoms with van der Waals surface area (Å²) in [6.07, 6.45) is 18.4. The molecule has 9 atom stereocenters. The molecule has 0 spiro atoms. The summed E-state index contributed by atoms with van der Waals surface area (Å²) in [6.45, 7) is 15.4. The van der Waals surface area contributed by atoms with Crippen molar-refractivity contribution in [1.82, 2.24) is 0 Å². The van der Waals surface area contributed by atoms with Crippen LogP contribution >= 0.6 is 0 Å². The van der Waals surface area contributed by atoms with Gasteiger partial charge in [0, 0.05) is 0 Å². The Bertz CT molecular complexity index is 534. The Labute approximate surface area is 177 Å². The number of rotatable bonds is 5. The molecule has 4 aliphatic carbocycles. The molecule has 0 aliphatic heterocycles. The summed E-state index contributed by atoms with van der Waals surface area (Å²) in [7, 11) is 0. The van der Waals surface area contributed by atoms with Gasteiger partial charge in [0.2, 0.25) is 0 Å². The van der Waals surface area contributed by atoms with Gasteiger partial charge >= 0.3 is 0 Å². The second kappa shape index (κ2) is 7.92. The molecule has 0 bridgehead atoms. The van der Waals surface area contributed by atoms with Gasteiger partial charge in [-0.2, -0.15) is 0 Å². The van der Waals surface area contributed by atoms with Crippen molar-refractivity contribution in [1.29, 1.82) is 0 Å². The number of hydrogen-bond acceptors (Lipinski definition) is 0. The lowest BCUT2D eigenvalue weighted by molar-refractivity contribution is -0.114. The van der Waals surface area contributed by atoms with Gasteiger partial charge in [-0.05, 0) is 110 Å². The van der Waals surface area contributed by atoms with Crippen molar-refractivity contribution in [3.8, 4) is 0 Å². The minimum absolute atomic E-state index is 0.666. The molecular weight excluding hydrogens is 336 g/mol. The maximum Gasteiger partial charge on any atom is -0.0264 e. The first-order valence-corrected chi connectivity index (χ1v) is 13.3. The highest BCUT2D eigenvalue weighted by atomic mass is 14.6. The topological polar surface area (TPSA) is 0 Å². The van der Waals surface area contributed by atoms with Crippen molar-refractivity contribution in [3.63, 3.8) is 0 Å². The molecule has 0 saturated heterocycles. The van der Waals surface area contributed by atoms with Gasteiger partial charge in [-0.25, -0.2) is 0 Å². The number of fused-ring (bicyclic) bond motifs is 5. The van der Waals surface area contributed by atoms with Gasteiger partial charge in [-0.15, -0.1) is 0 Å². The molecule has 0 heteroatoms. The molecule has 0 heterocycles. The summed E-state index contributed by atoms with van der Waals surface area (Å²) in [6, 6.07) is 0. The van der Waals surface area contributed by atoms with Gasteiger partial charge in [-0.1, -0.05) is 67.2 Å². The minimum Gasteiger partial charge on any atom is -0.0625 e. The van der Waals surface area contributed by atoms with Crippen LogP contribution in [0.2, 0.25) is 0 Å². The fourth-order valence-electron chi connectivity index (χ4n) is 9.33. The van der Waals surface area contributed by atoms with Crippen molar-refractivity contribution < 1.29 is 0 Å². The standard InChI is InChI=1S/C28H50/c1-19(2)20(3)10-11-21(4)24-14-15-25-23-13-12-22-9-7-8-17-27(22,5)26(23)16-18-28(24,25)6/h19-26H,7-18H2,1-6H3/t20?,21-,22+,23-,24-,25-,26-,27-,28+/m0/s1. The smallest absolute Gasteiger partial charge is 0.0264 e. The first kappa shape index (κ1) is 21.2. The molecule has 162 valence electrons. The van der Waals surface area contributed by atoms with Crippen molar-refractivity contribution in [2.75, 3.05) is 0 Å². The largest absolute Gasteiger partial charge is 0.0625 e. The van der Waals surface area contributed by atoms with E-state index in [9.17, 15) is 0 Å². The van der Waals surface area contributed by atoms with E-state index < -0.39 is 0 Å². The summed E-state index contributed by atoms with van der Waals surface area (Å²) in [5.74, 6) is 7.96. The second-order valence-corrected chi connectivity index (χ2v) is 12.9. The van der Waals surface area contributed by atoms with Crippen molar-refractivity contribution in [3.05, 3.63) is 0 Å². The van der Waals surface area contributed by atoms with Gasteiger partial charge in [0.25, 0.3) is 0 Å². The molecule has 0 N–H and O–H groups in total. The minimum atomic E-state index is 0.666. The summed E-state index contributed by atoms with van der Waals surface area (Å²) in [5, 5.41) is 0. The third kappa shape index (κ3) is 3.41. The fraction of sp³-hybridized carbons (Fsp3) is 1.00. The van der Waals surface area contributed by atoms with Gasteiger partial charge in [0.05, 0.1) is 0 Å². The van der Waals surface area contributed by atoms with Gasteiger partial charge < -0.3 is 0 Å². The van der Waals surface area contributed by atoms with Crippen LogP contribution in [0.15, 0.2) is 0 Å². The predicted octanol–water partition coefficient (Wildman–Crippen LogP) is 8.74. The van der Waals surface area contributed by atoms with Gasteiger partial charge in [-0.3, -0.25) is 0 Å². The van der Waals surface area contributed by atoms with Crippen LogP contribution in [0.3, 0.4) is 0 Å². The highest BCUT2D eigenvalue weighted by molar-refractivity contribution is 5.09. The Morgan fingerprint density at radius 3 is 2.21 bits per heavy atom. The summed E-state index contributed by atoms with van der Waals surface area (Å²) >= 11 is 0. The van der Waals surface area contributed by atoms with Crippen LogP contribution in [0, 0.1) is 58.2 Å². The van der Waals surface area contributed by atoms with E-state index in [1.54, 1.807) is 51.4 Å². The molecule has 4 fully saturated rings. The lowest BCUT2D eigenvalue weighted by Crippen LogP contribution is -2.53. The Morgan fingerprint density at radius 1 is 0.714 bits per heavy atom. The van der Waals surface area contributed by atoms with Crippen LogP contribution < -0.4 is 0 Å². The Balaban J connectivity index is 1.46. The monoisotopic (exact) mass is 386 g/mol. The molecule has 28 heavy (non-hydrogen) atoms. The average Bonchev–Trinajstić information content (AvgIpc) is 3.02. The highest BCUT2D eigenvalue weighted by Crippen LogP contribution is 2.68. The predicted molar refractivity (Wildman–Crippen MR) is 122 cm³/mol. The van der Waals surface area contributed by atoms with Gasteiger partial charge in [0.15, 0.2) is 0 Å². The Kier molecular flexibility index (Phi) is 6.01. The van der Waals surface area contributed by atoms with Crippen LogP contribution in [0.4, 0.5) is 0 Å². The molecule has 0 aromatic carbocycles. The zero-order valence-electron chi connectivity index (χ0n) is 20.1. The van der Waals surface area contributed by atoms with E-state index in [0.717, 1.165) is 47.3 Å². The van der Waals surface area contributed by atoms with Crippen LogP contribution in [0.1, 0.15) is 119 Å². The molecule has 0 radical (unpaired) electrons. The zero-order valence-corrected chi connectivity index (χ0v) is 20.1. The highest BCUT2D eigenvalue weighted by Gasteiger charge is 2.60. The number of hydrogen-bond donors (Lipinski definition) is 0. The quantitative estimate of drug-likeness (QED) is 0.443. The van der Waals surface area contributed by atoms with Gasteiger partial charge in [0.1, 0.15) is 0 Å². The van der Waals surface area contributed by atoms with E-state index in [2.05, 4.69) is 41.5 Å². The lowest BCUT2D eigenvalue weighted by atomic mass is 9.44. The normalized spacial score (nSPS) is 47.9. The SMILES string of the molecule is CC(C)C(C)CC[C@H](C)[C@@H]1CC[C@H]2[C@@H]3CC[C@H]4CCCC[C@]4(C)[C@H]3CC[C@@]21C. The summed E-state index contributed by atoms with van der Waals surface area (Å²) in [4.78, 5) is 0. The average molecular weight is 387 g/mol. The van der Waals surface area contributed by atoms with Crippen molar-refractivity contribution in [2.45, 2.75) is 119 Å². The van der Waals surface area contributed by atoms with E-state index in [4.69, 9.17) is 0 Å². The lowest BCUT2D eigenvalue weighted by Gasteiger charge is -2.61. The molecule has 4 saturated carbocycles.